The molecule has 0 heterocycles. The van der Waals surface area contributed by atoms with Crippen molar-refractivity contribution >= 4 is 6.21 Å². The van der Waals surface area contributed by atoms with Gasteiger partial charge in [-0.1, -0.05) is 46.4 Å². The molecule has 0 aromatic heterocycles. The van der Waals surface area contributed by atoms with Gasteiger partial charge in [-0.25, -0.2) is 0 Å². The summed E-state index contributed by atoms with van der Waals surface area (Å²) < 4.78 is 0. The third kappa shape index (κ3) is 46.5. The predicted molar refractivity (Wildman–Crippen MR) is 52.8 cm³/mol. The highest BCUT2D eigenvalue weighted by Gasteiger charge is 1.62. The van der Waals surface area contributed by atoms with Gasteiger partial charge < -0.3 is 4.84 Å². The second-order valence-electron chi connectivity index (χ2n) is 0.968. The zero-order valence-electron chi connectivity index (χ0n) is 8.42. The summed E-state index contributed by atoms with van der Waals surface area (Å²) >= 11 is 0. The third-order valence-corrected chi connectivity index (χ3v) is 0.393. The van der Waals surface area contributed by atoms with Gasteiger partial charge >= 0.3 is 0 Å². The van der Waals surface area contributed by atoms with Gasteiger partial charge in [-0.3, -0.25) is 0 Å². The first kappa shape index (κ1) is 16.7. The van der Waals surface area contributed by atoms with Gasteiger partial charge in [0.15, 0.2) is 0 Å². The van der Waals surface area contributed by atoms with Gasteiger partial charge in [0.2, 0.25) is 0 Å². The quantitative estimate of drug-likeness (QED) is 0.350. The van der Waals surface area contributed by atoms with E-state index in [1.807, 2.05) is 34.6 Å². The van der Waals surface area contributed by atoms with Crippen LogP contribution in [0.2, 0.25) is 0 Å². The molecule has 0 spiro atoms. The maximum atomic E-state index is 4.41. The van der Waals surface area contributed by atoms with E-state index >= 15 is 0 Å². The molecule has 0 aliphatic heterocycles. The summed E-state index contributed by atoms with van der Waals surface area (Å²) in [5.41, 5.74) is 0. The molecule has 2 nitrogen and oxygen atoms in total. The van der Waals surface area contributed by atoms with Crippen molar-refractivity contribution in [3.63, 3.8) is 0 Å². The van der Waals surface area contributed by atoms with E-state index in [1.54, 1.807) is 6.21 Å². The molecule has 0 unspecified atom stereocenters. The lowest BCUT2D eigenvalue weighted by Gasteiger charge is -1.80. The molecule has 0 saturated heterocycles. The highest BCUT2D eigenvalue weighted by atomic mass is 16.6. The molecule has 0 radical (unpaired) electrons. The molecule has 0 N–H and O–H groups in total. The first-order valence-electron chi connectivity index (χ1n) is 4.20. The van der Waals surface area contributed by atoms with Gasteiger partial charge in [0.25, 0.3) is 0 Å². The molecule has 0 fully saturated rings. The SMILES string of the molecule is C=CO/N=C\CC.CC.CC. The Morgan fingerprint density at radius 3 is 2.00 bits per heavy atom. The lowest BCUT2D eigenvalue weighted by atomic mass is 10.6. The molecule has 0 aromatic carbocycles. The highest BCUT2D eigenvalue weighted by Crippen LogP contribution is 1.73. The Hall–Kier alpha value is -0.790. The maximum absolute atomic E-state index is 4.41. The minimum atomic E-state index is 0.897. The number of oxime groups is 1. The molecule has 0 rings (SSSR count). The number of hydrogen-bond acceptors (Lipinski definition) is 2. The van der Waals surface area contributed by atoms with Crippen LogP contribution < -0.4 is 0 Å². The summed E-state index contributed by atoms with van der Waals surface area (Å²) in [5, 5.41) is 3.47. The Balaban J connectivity index is -0.000000138. The first-order valence-corrected chi connectivity index (χ1v) is 4.20. The zero-order valence-corrected chi connectivity index (χ0v) is 8.42. The largest absolute Gasteiger partial charge is 0.366 e. The van der Waals surface area contributed by atoms with Gasteiger partial charge in [-0.05, 0) is 6.42 Å². The van der Waals surface area contributed by atoms with Crippen LogP contribution in [0.25, 0.3) is 0 Å². The van der Waals surface area contributed by atoms with Crippen molar-refractivity contribution in [3.8, 4) is 0 Å². The van der Waals surface area contributed by atoms with Gasteiger partial charge in [-0.2, -0.15) is 0 Å². The van der Waals surface area contributed by atoms with Crippen LogP contribution in [0, 0.1) is 0 Å². The Bertz CT molecular complexity index is 70.0. The summed E-state index contributed by atoms with van der Waals surface area (Å²) in [6.45, 7) is 13.3. The second kappa shape index (κ2) is 35.0. The fraction of sp³-hybridized carbons (Fsp3) is 0.667. The van der Waals surface area contributed by atoms with Crippen molar-refractivity contribution in [2.45, 2.75) is 41.0 Å². The van der Waals surface area contributed by atoms with E-state index in [2.05, 4.69) is 16.6 Å². The topological polar surface area (TPSA) is 21.6 Å². The standard InChI is InChI=1S/C5H9NO.2C2H6/c1-3-5-6-7-4-2;2*1-2/h4-5H,2-3H2,1H3;2*1-2H3/b6-5-;;. The molecular weight excluding hydrogens is 138 g/mol. The normalized spacial score (nSPS) is 7.00. The minimum Gasteiger partial charge on any atom is -0.366 e. The Kier molecular flexibility index (Phi) is 53.0. The molecular formula is C9H21NO. The Morgan fingerprint density at radius 2 is 1.73 bits per heavy atom. The van der Waals surface area contributed by atoms with Crippen molar-refractivity contribution in [2.75, 3.05) is 0 Å². The van der Waals surface area contributed by atoms with E-state index in [1.165, 1.54) is 6.26 Å². The molecule has 0 bridgehead atoms. The lowest BCUT2D eigenvalue weighted by Crippen LogP contribution is -1.67. The maximum Gasteiger partial charge on any atom is 0.114 e. The van der Waals surface area contributed by atoms with Gasteiger partial charge in [0, 0.05) is 6.21 Å². The van der Waals surface area contributed by atoms with Crippen LogP contribution in [0.3, 0.4) is 0 Å². The van der Waals surface area contributed by atoms with Crippen LogP contribution in [0.15, 0.2) is 18.0 Å². The molecule has 11 heavy (non-hydrogen) atoms. The van der Waals surface area contributed by atoms with Crippen LogP contribution in [0.4, 0.5) is 0 Å². The van der Waals surface area contributed by atoms with Crippen LogP contribution in [-0.4, -0.2) is 6.21 Å². The monoisotopic (exact) mass is 159 g/mol. The van der Waals surface area contributed by atoms with Crippen LogP contribution >= 0.6 is 0 Å². The van der Waals surface area contributed by atoms with Crippen LogP contribution in [0.5, 0.6) is 0 Å². The van der Waals surface area contributed by atoms with Gasteiger partial charge in [0.05, 0.1) is 0 Å². The van der Waals surface area contributed by atoms with E-state index in [4.69, 9.17) is 0 Å². The summed E-state index contributed by atoms with van der Waals surface area (Å²) in [6, 6.07) is 0. The number of nitrogens with zero attached hydrogens (tertiary/aromatic N) is 1. The van der Waals surface area contributed by atoms with E-state index in [0.29, 0.717) is 0 Å². The van der Waals surface area contributed by atoms with Gasteiger partial charge in [0.1, 0.15) is 6.26 Å². The summed E-state index contributed by atoms with van der Waals surface area (Å²) in [6.07, 6.45) is 3.85. The van der Waals surface area contributed by atoms with Crippen molar-refractivity contribution in [2.24, 2.45) is 5.16 Å². The van der Waals surface area contributed by atoms with Crippen molar-refractivity contribution in [3.05, 3.63) is 12.8 Å². The summed E-state index contributed by atoms with van der Waals surface area (Å²) in [4.78, 5) is 4.41. The fourth-order valence-corrected chi connectivity index (χ4v) is 0.161. The molecule has 0 aliphatic carbocycles. The molecule has 0 atom stereocenters. The molecule has 0 aromatic rings. The Labute approximate surface area is 70.9 Å². The molecule has 2 heteroatoms. The van der Waals surface area contributed by atoms with Crippen molar-refractivity contribution < 1.29 is 4.84 Å². The smallest absolute Gasteiger partial charge is 0.114 e. The van der Waals surface area contributed by atoms with Crippen LogP contribution in [0.1, 0.15) is 41.0 Å². The molecule has 0 amide bonds. The average molecular weight is 159 g/mol. The predicted octanol–water partition coefficient (Wildman–Crippen LogP) is 3.59. The highest BCUT2D eigenvalue weighted by molar-refractivity contribution is 5.55. The van der Waals surface area contributed by atoms with Crippen LogP contribution in [-0.2, 0) is 4.84 Å². The van der Waals surface area contributed by atoms with Crippen molar-refractivity contribution in [1.82, 2.24) is 0 Å². The first-order chi connectivity index (χ1) is 5.41. The van der Waals surface area contributed by atoms with Crippen molar-refractivity contribution in [1.29, 1.82) is 0 Å². The molecule has 0 aliphatic rings. The summed E-state index contributed by atoms with van der Waals surface area (Å²) in [5.74, 6) is 0. The van der Waals surface area contributed by atoms with E-state index < -0.39 is 0 Å². The summed E-state index contributed by atoms with van der Waals surface area (Å²) in [7, 11) is 0. The number of hydrogen-bond donors (Lipinski definition) is 0. The fourth-order valence-electron chi connectivity index (χ4n) is 0.161. The van der Waals surface area contributed by atoms with E-state index in [9.17, 15) is 0 Å². The zero-order chi connectivity index (χ0) is 9.54. The lowest BCUT2D eigenvalue weighted by molar-refractivity contribution is 0.271. The van der Waals surface area contributed by atoms with Gasteiger partial charge in [-0.15, -0.1) is 0 Å². The Morgan fingerprint density at radius 1 is 1.27 bits per heavy atom. The average Bonchev–Trinajstić information content (AvgIpc) is 2.13. The number of rotatable bonds is 3. The second-order valence-corrected chi connectivity index (χ2v) is 0.968. The third-order valence-electron chi connectivity index (χ3n) is 0.393. The molecule has 0 saturated carbocycles. The molecule has 68 valence electrons. The van der Waals surface area contributed by atoms with E-state index in [0.717, 1.165) is 6.42 Å². The van der Waals surface area contributed by atoms with E-state index in [-0.39, 0.29) is 0 Å². The minimum absolute atomic E-state index is 0.897.